The van der Waals surface area contributed by atoms with Crippen molar-refractivity contribution in [3.63, 3.8) is 0 Å². The maximum Gasteiger partial charge on any atom is 0.417 e. The summed E-state index contributed by atoms with van der Waals surface area (Å²) in [4.78, 5) is 21.8. The molecule has 0 fully saturated rings. The molecule has 0 bridgehead atoms. The van der Waals surface area contributed by atoms with Crippen LogP contribution in [0.4, 0.5) is 13.2 Å². The van der Waals surface area contributed by atoms with E-state index in [1.165, 1.54) is 6.07 Å². The summed E-state index contributed by atoms with van der Waals surface area (Å²) in [5.74, 6) is -2.13. The van der Waals surface area contributed by atoms with Crippen LogP contribution in [0, 0.1) is 0 Å². The standard InChI is InChI=1S/C11H9ClF3NO3/c12-8-2-1-6(3-7(8)11(13,14)15)4-16-10(19)9(18)5-17/h1-3,17H,4-5H2,(H,16,19). The lowest BCUT2D eigenvalue weighted by atomic mass is 10.1. The number of ketones is 1. The Hall–Kier alpha value is -1.60. The molecule has 0 atom stereocenters. The van der Waals surface area contributed by atoms with Gasteiger partial charge in [0, 0.05) is 6.54 Å². The van der Waals surface area contributed by atoms with Crippen molar-refractivity contribution in [3.8, 4) is 0 Å². The summed E-state index contributed by atoms with van der Waals surface area (Å²) in [6.45, 7) is -1.23. The lowest BCUT2D eigenvalue weighted by Gasteiger charge is -2.11. The summed E-state index contributed by atoms with van der Waals surface area (Å²) in [5.41, 5.74) is -0.884. The molecule has 1 amide bonds. The topological polar surface area (TPSA) is 66.4 Å². The molecule has 1 aromatic rings. The molecule has 0 spiro atoms. The average Bonchev–Trinajstić information content (AvgIpc) is 2.35. The van der Waals surface area contributed by atoms with E-state index >= 15 is 0 Å². The number of alkyl halides is 3. The van der Waals surface area contributed by atoms with Gasteiger partial charge in [0.25, 0.3) is 5.91 Å². The van der Waals surface area contributed by atoms with Crippen molar-refractivity contribution in [2.45, 2.75) is 12.7 Å². The van der Waals surface area contributed by atoms with Gasteiger partial charge in [0.1, 0.15) is 6.61 Å². The molecule has 0 radical (unpaired) electrons. The molecule has 1 rings (SSSR count). The maximum atomic E-state index is 12.6. The smallest absolute Gasteiger partial charge is 0.388 e. The van der Waals surface area contributed by atoms with Crippen molar-refractivity contribution in [1.82, 2.24) is 5.32 Å². The van der Waals surface area contributed by atoms with Crippen molar-refractivity contribution in [3.05, 3.63) is 34.3 Å². The third kappa shape index (κ3) is 4.22. The predicted molar refractivity (Wildman–Crippen MR) is 60.4 cm³/mol. The van der Waals surface area contributed by atoms with Crippen LogP contribution in [-0.2, 0) is 22.3 Å². The van der Waals surface area contributed by atoms with Gasteiger partial charge in [-0.05, 0) is 17.7 Å². The van der Waals surface area contributed by atoms with Crippen LogP contribution in [0.15, 0.2) is 18.2 Å². The number of aliphatic hydroxyl groups is 1. The number of nitrogens with one attached hydrogen (secondary N) is 1. The molecule has 0 unspecified atom stereocenters. The van der Waals surface area contributed by atoms with Gasteiger partial charge in [0.05, 0.1) is 10.6 Å². The zero-order chi connectivity index (χ0) is 14.6. The highest BCUT2D eigenvalue weighted by molar-refractivity contribution is 6.36. The molecule has 0 heterocycles. The molecule has 0 saturated carbocycles. The Morgan fingerprint density at radius 2 is 1.95 bits per heavy atom. The van der Waals surface area contributed by atoms with Gasteiger partial charge in [-0.15, -0.1) is 0 Å². The van der Waals surface area contributed by atoms with E-state index in [-0.39, 0.29) is 12.1 Å². The fraction of sp³-hybridized carbons (Fsp3) is 0.273. The molecule has 0 aromatic heterocycles. The van der Waals surface area contributed by atoms with Crippen LogP contribution >= 0.6 is 11.6 Å². The summed E-state index contributed by atoms with van der Waals surface area (Å²) < 4.78 is 37.7. The van der Waals surface area contributed by atoms with Gasteiger partial charge in [-0.2, -0.15) is 13.2 Å². The molecule has 19 heavy (non-hydrogen) atoms. The van der Waals surface area contributed by atoms with Crippen molar-refractivity contribution in [1.29, 1.82) is 0 Å². The van der Waals surface area contributed by atoms with Gasteiger partial charge in [0.2, 0.25) is 5.78 Å². The van der Waals surface area contributed by atoms with Crippen molar-refractivity contribution in [2.75, 3.05) is 6.61 Å². The number of aliphatic hydroxyl groups excluding tert-OH is 1. The molecule has 4 nitrogen and oxygen atoms in total. The Morgan fingerprint density at radius 1 is 1.32 bits per heavy atom. The van der Waals surface area contributed by atoms with E-state index in [1.54, 1.807) is 0 Å². The number of amides is 1. The van der Waals surface area contributed by atoms with Crippen LogP contribution in [0.3, 0.4) is 0 Å². The molecule has 104 valence electrons. The quantitative estimate of drug-likeness (QED) is 0.828. The second kappa shape index (κ2) is 6.03. The van der Waals surface area contributed by atoms with E-state index < -0.39 is 35.1 Å². The maximum absolute atomic E-state index is 12.6. The van der Waals surface area contributed by atoms with E-state index in [4.69, 9.17) is 16.7 Å². The van der Waals surface area contributed by atoms with Gasteiger partial charge in [-0.1, -0.05) is 17.7 Å². The molecular formula is C11H9ClF3NO3. The number of hydrogen-bond acceptors (Lipinski definition) is 3. The van der Waals surface area contributed by atoms with Gasteiger partial charge < -0.3 is 10.4 Å². The molecule has 8 heteroatoms. The summed E-state index contributed by atoms with van der Waals surface area (Å²) in [6, 6.07) is 3.13. The number of hydrogen-bond donors (Lipinski definition) is 2. The first-order chi connectivity index (χ1) is 8.75. The number of carbonyl (C=O) groups is 2. The van der Waals surface area contributed by atoms with E-state index in [1.807, 2.05) is 0 Å². The molecule has 2 N–H and O–H groups in total. The second-order valence-electron chi connectivity index (χ2n) is 3.58. The van der Waals surface area contributed by atoms with Gasteiger partial charge >= 0.3 is 6.18 Å². The summed E-state index contributed by atoms with van der Waals surface area (Å²) in [6.07, 6.45) is -4.60. The Kier molecular flexibility index (Phi) is 4.90. The van der Waals surface area contributed by atoms with Crippen molar-refractivity contribution >= 4 is 23.3 Å². The van der Waals surface area contributed by atoms with E-state index in [2.05, 4.69) is 5.32 Å². The van der Waals surface area contributed by atoms with E-state index in [9.17, 15) is 22.8 Å². The first kappa shape index (κ1) is 15.5. The fourth-order valence-corrected chi connectivity index (χ4v) is 1.48. The highest BCUT2D eigenvalue weighted by Gasteiger charge is 2.33. The number of rotatable bonds is 4. The van der Waals surface area contributed by atoms with Crippen molar-refractivity contribution in [2.24, 2.45) is 0 Å². The minimum atomic E-state index is -4.60. The second-order valence-corrected chi connectivity index (χ2v) is 3.98. The summed E-state index contributed by atoms with van der Waals surface area (Å²) >= 11 is 5.42. The lowest BCUT2D eigenvalue weighted by molar-refractivity contribution is -0.139. The first-order valence-electron chi connectivity index (χ1n) is 5.03. The van der Waals surface area contributed by atoms with Crippen LogP contribution in [0.25, 0.3) is 0 Å². The predicted octanol–water partition coefficient (Wildman–Crippen LogP) is 1.54. The zero-order valence-corrected chi connectivity index (χ0v) is 10.2. The Morgan fingerprint density at radius 3 is 2.47 bits per heavy atom. The molecule has 0 aliphatic heterocycles. The van der Waals surface area contributed by atoms with Crippen LogP contribution in [0.1, 0.15) is 11.1 Å². The zero-order valence-electron chi connectivity index (χ0n) is 9.42. The number of halogens is 4. The Labute approximate surface area is 111 Å². The monoisotopic (exact) mass is 295 g/mol. The highest BCUT2D eigenvalue weighted by atomic mass is 35.5. The van der Waals surface area contributed by atoms with Crippen LogP contribution in [0.2, 0.25) is 5.02 Å². The number of carbonyl (C=O) groups excluding carboxylic acids is 2. The number of Topliss-reactive ketones (excluding diaryl/α,β-unsaturated/α-hetero) is 1. The van der Waals surface area contributed by atoms with Gasteiger partial charge in [-0.3, -0.25) is 9.59 Å². The minimum absolute atomic E-state index is 0.135. The van der Waals surface area contributed by atoms with Crippen LogP contribution in [-0.4, -0.2) is 23.4 Å². The van der Waals surface area contributed by atoms with E-state index in [0.717, 1.165) is 12.1 Å². The molecule has 0 aliphatic carbocycles. The minimum Gasteiger partial charge on any atom is -0.388 e. The SMILES string of the molecule is O=C(CO)C(=O)NCc1ccc(Cl)c(C(F)(F)F)c1. The van der Waals surface area contributed by atoms with Gasteiger partial charge in [-0.25, -0.2) is 0 Å². The Balaban J connectivity index is 2.81. The third-order valence-corrected chi connectivity index (χ3v) is 2.52. The molecule has 1 aromatic carbocycles. The van der Waals surface area contributed by atoms with Gasteiger partial charge in [0.15, 0.2) is 0 Å². The first-order valence-corrected chi connectivity index (χ1v) is 5.41. The normalized spacial score (nSPS) is 11.2. The molecular weight excluding hydrogens is 287 g/mol. The fourth-order valence-electron chi connectivity index (χ4n) is 1.25. The largest absolute Gasteiger partial charge is 0.417 e. The van der Waals surface area contributed by atoms with Crippen LogP contribution in [0.5, 0.6) is 0 Å². The van der Waals surface area contributed by atoms with E-state index in [0.29, 0.717) is 0 Å². The molecule has 0 saturated heterocycles. The third-order valence-electron chi connectivity index (χ3n) is 2.19. The lowest BCUT2D eigenvalue weighted by Crippen LogP contribution is -2.32. The highest BCUT2D eigenvalue weighted by Crippen LogP contribution is 2.35. The van der Waals surface area contributed by atoms with Crippen molar-refractivity contribution < 1.29 is 27.9 Å². The number of benzene rings is 1. The average molecular weight is 296 g/mol. The summed E-state index contributed by atoms with van der Waals surface area (Å²) in [7, 11) is 0. The molecule has 0 aliphatic rings. The Bertz CT molecular complexity index is 502. The van der Waals surface area contributed by atoms with Crippen LogP contribution < -0.4 is 5.32 Å². The summed E-state index contributed by atoms with van der Waals surface area (Å²) in [5, 5.41) is 10.1.